The van der Waals surface area contributed by atoms with Gasteiger partial charge in [-0.15, -0.1) is 0 Å². The van der Waals surface area contributed by atoms with Crippen molar-refractivity contribution < 1.29 is 9.53 Å². The molecule has 1 aromatic rings. The second-order valence-electron chi connectivity index (χ2n) is 6.55. The summed E-state index contributed by atoms with van der Waals surface area (Å²) >= 11 is 6.46. The molecule has 3 rings (SSSR count). The van der Waals surface area contributed by atoms with Crippen molar-refractivity contribution in [2.75, 3.05) is 33.4 Å². The molecule has 0 aliphatic carbocycles. The highest BCUT2D eigenvalue weighted by Gasteiger charge is 2.45. The molecule has 23 heavy (non-hydrogen) atoms. The Bertz CT molecular complexity index is 558. The van der Waals surface area contributed by atoms with Gasteiger partial charge < -0.3 is 15.0 Å². The van der Waals surface area contributed by atoms with Gasteiger partial charge in [0.25, 0.3) is 0 Å². The molecule has 0 radical (unpaired) electrons. The Labute approximate surface area is 143 Å². The van der Waals surface area contributed by atoms with E-state index in [-0.39, 0.29) is 5.91 Å². The predicted molar refractivity (Wildman–Crippen MR) is 91.8 cm³/mol. The molecule has 4 nitrogen and oxygen atoms in total. The molecule has 0 spiro atoms. The molecule has 2 fully saturated rings. The van der Waals surface area contributed by atoms with Gasteiger partial charge in [-0.2, -0.15) is 0 Å². The zero-order valence-electron chi connectivity index (χ0n) is 13.7. The van der Waals surface area contributed by atoms with Gasteiger partial charge in [0.05, 0.1) is 5.41 Å². The Morgan fingerprint density at radius 2 is 2.09 bits per heavy atom. The molecule has 1 N–H and O–H groups in total. The second-order valence-corrected chi connectivity index (χ2v) is 6.96. The number of likely N-dealkylation sites (N-methyl/N-ethyl adjacent to an activating group) is 1. The smallest absolute Gasteiger partial charge is 0.233 e. The number of carbonyl (C=O) groups excluding carboxylic acids is 1. The largest absolute Gasteiger partial charge is 0.381 e. The van der Waals surface area contributed by atoms with Crippen molar-refractivity contribution >= 4 is 17.5 Å². The van der Waals surface area contributed by atoms with Gasteiger partial charge >= 0.3 is 0 Å². The van der Waals surface area contributed by atoms with Gasteiger partial charge in [-0.1, -0.05) is 29.8 Å². The van der Waals surface area contributed by atoms with Crippen LogP contribution in [0.4, 0.5) is 0 Å². The summed E-state index contributed by atoms with van der Waals surface area (Å²) in [6.07, 6.45) is 3.58. The van der Waals surface area contributed by atoms with Gasteiger partial charge in [-0.05, 0) is 44.4 Å². The molecule has 2 aliphatic rings. The number of rotatable bonds is 3. The molecule has 2 heterocycles. The van der Waals surface area contributed by atoms with E-state index in [1.165, 1.54) is 0 Å². The third kappa shape index (κ3) is 3.25. The average molecular weight is 337 g/mol. The van der Waals surface area contributed by atoms with Gasteiger partial charge in [-0.25, -0.2) is 0 Å². The van der Waals surface area contributed by atoms with E-state index in [4.69, 9.17) is 16.3 Å². The van der Waals surface area contributed by atoms with Crippen LogP contribution in [0.15, 0.2) is 24.3 Å². The third-order valence-electron chi connectivity index (χ3n) is 5.26. The van der Waals surface area contributed by atoms with Crippen molar-refractivity contribution in [3.05, 3.63) is 34.9 Å². The number of nitrogens with zero attached hydrogens (tertiary/aromatic N) is 1. The number of likely N-dealkylation sites (tertiary alicyclic amines) is 1. The highest BCUT2D eigenvalue weighted by molar-refractivity contribution is 6.31. The van der Waals surface area contributed by atoms with E-state index in [1.807, 2.05) is 36.2 Å². The van der Waals surface area contributed by atoms with Crippen molar-refractivity contribution in [1.29, 1.82) is 0 Å². The number of nitrogens with one attached hydrogen (secondary N) is 1. The quantitative estimate of drug-likeness (QED) is 0.922. The van der Waals surface area contributed by atoms with Crippen LogP contribution in [0.2, 0.25) is 5.02 Å². The molecular weight excluding hydrogens is 312 g/mol. The van der Waals surface area contributed by atoms with Gasteiger partial charge in [0.2, 0.25) is 5.91 Å². The van der Waals surface area contributed by atoms with E-state index in [9.17, 15) is 4.79 Å². The first-order chi connectivity index (χ1) is 11.2. The summed E-state index contributed by atoms with van der Waals surface area (Å²) in [5, 5.41) is 4.00. The predicted octanol–water partition coefficient (Wildman–Crippen LogP) is 2.60. The fourth-order valence-corrected chi connectivity index (χ4v) is 4.18. The molecule has 1 aromatic carbocycles. The molecule has 0 bridgehead atoms. The maximum atomic E-state index is 13.5. The molecule has 0 aromatic heterocycles. The molecule has 126 valence electrons. The van der Waals surface area contributed by atoms with Crippen molar-refractivity contribution in [1.82, 2.24) is 10.2 Å². The maximum absolute atomic E-state index is 13.5. The lowest BCUT2D eigenvalue weighted by Gasteiger charge is -2.43. The number of hydrogen-bond acceptors (Lipinski definition) is 3. The zero-order chi connectivity index (χ0) is 16.3. The van der Waals surface area contributed by atoms with E-state index in [2.05, 4.69) is 5.32 Å². The fraction of sp³-hybridized carbons (Fsp3) is 0.611. The van der Waals surface area contributed by atoms with E-state index >= 15 is 0 Å². The van der Waals surface area contributed by atoms with Crippen LogP contribution in [-0.2, 0) is 14.9 Å². The monoisotopic (exact) mass is 336 g/mol. The minimum Gasteiger partial charge on any atom is -0.381 e. The minimum atomic E-state index is -0.535. The fourth-order valence-electron chi connectivity index (χ4n) is 3.87. The highest BCUT2D eigenvalue weighted by atomic mass is 35.5. The van der Waals surface area contributed by atoms with Crippen LogP contribution in [0.25, 0.3) is 0 Å². The van der Waals surface area contributed by atoms with Gasteiger partial charge in [0.15, 0.2) is 0 Å². The van der Waals surface area contributed by atoms with Crippen LogP contribution in [0, 0.1) is 0 Å². The van der Waals surface area contributed by atoms with E-state index in [0.717, 1.165) is 31.5 Å². The van der Waals surface area contributed by atoms with Gasteiger partial charge in [-0.3, -0.25) is 4.79 Å². The number of piperidine rings is 1. The first-order valence-electron chi connectivity index (χ1n) is 8.47. The minimum absolute atomic E-state index is 0.217. The number of amides is 1. The SMILES string of the molecule is CNC1CCCN(C(=O)C2(c3ccccc3Cl)CCOCC2)C1. The van der Waals surface area contributed by atoms with Crippen molar-refractivity contribution in [2.45, 2.75) is 37.1 Å². The molecule has 2 aliphatic heterocycles. The average Bonchev–Trinajstić information content (AvgIpc) is 2.62. The Morgan fingerprint density at radius 1 is 1.35 bits per heavy atom. The van der Waals surface area contributed by atoms with Gasteiger partial charge in [0.1, 0.15) is 0 Å². The Balaban J connectivity index is 1.93. The zero-order valence-corrected chi connectivity index (χ0v) is 14.4. The van der Waals surface area contributed by atoms with Crippen molar-refractivity contribution in [2.24, 2.45) is 0 Å². The molecule has 1 amide bonds. The van der Waals surface area contributed by atoms with Crippen molar-refractivity contribution in [3.8, 4) is 0 Å². The molecular formula is C18H25ClN2O2. The van der Waals surface area contributed by atoms with E-state index < -0.39 is 5.41 Å². The summed E-state index contributed by atoms with van der Waals surface area (Å²) in [7, 11) is 1.97. The van der Waals surface area contributed by atoms with Crippen LogP contribution >= 0.6 is 11.6 Å². The number of halogens is 1. The van der Waals surface area contributed by atoms with Crippen LogP contribution < -0.4 is 5.32 Å². The maximum Gasteiger partial charge on any atom is 0.233 e. The first kappa shape index (κ1) is 16.7. The number of benzene rings is 1. The summed E-state index contributed by atoms with van der Waals surface area (Å²) < 4.78 is 5.54. The summed E-state index contributed by atoms with van der Waals surface area (Å²) in [4.78, 5) is 15.5. The summed E-state index contributed by atoms with van der Waals surface area (Å²) in [6, 6.07) is 8.16. The van der Waals surface area contributed by atoms with Crippen LogP contribution in [0.1, 0.15) is 31.2 Å². The van der Waals surface area contributed by atoms with Crippen LogP contribution in [-0.4, -0.2) is 50.2 Å². The second kappa shape index (κ2) is 7.20. The molecule has 0 saturated carbocycles. The normalized spacial score (nSPS) is 24.4. The Kier molecular flexibility index (Phi) is 5.24. The lowest BCUT2D eigenvalue weighted by atomic mass is 9.72. The van der Waals surface area contributed by atoms with Crippen LogP contribution in [0.5, 0.6) is 0 Å². The summed E-state index contributed by atoms with van der Waals surface area (Å²) in [6.45, 7) is 2.84. The summed E-state index contributed by atoms with van der Waals surface area (Å²) in [5.74, 6) is 0.217. The lowest BCUT2D eigenvalue weighted by Crippen LogP contribution is -2.55. The number of hydrogen-bond donors (Lipinski definition) is 1. The molecule has 2 saturated heterocycles. The number of ether oxygens (including phenoxy) is 1. The Morgan fingerprint density at radius 3 is 2.78 bits per heavy atom. The van der Waals surface area contributed by atoms with Crippen LogP contribution in [0.3, 0.4) is 0 Å². The van der Waals surface area contributed by atoms with Gasteiger partial charge in [0, 0.05) is 37.4 Å². The highest BCUT2D eigenvalue weighted by Crippen LogP contribution is 2.40. The van der Waals surface area contributed by atoms with Crippen molar-refractivity contribution in [3.63, 3.8) is 0 Å². The third-order valence-corrected chi connectivity index (χ3v) is 5.59. The lowest BCUT2D eigenvalue weighted by molar-refractivity contribution is -0.142. The molecule has 1 atom stereocenters. The molecule has 1 unspecified atom stereocenters. The Hall–Kier alpha value is -1.10. The van der Waals surface area contributed by atoms with E-state index in [0.29, 0.717) is 37.1 Å². The first-order valence-corrected chi connectivity index (χ1v) is 8.84. The topological polar surface area (TPSA) is 41.6 Å². The summed E-state index contributed by atoms with van der Waals surface area (Å²) in [5.41, 5.74) is 0.424. The van der Waals surface area contributed by atoms with E-state index in [1.54, 1.807) is 0 Å². The molecule has 5 heteroatoms. The standard InChI is InChI=1S/C18H25ClN2O2/c1-20-14-5-4-10-21(13-14)17(22)18(8-11-23-12-9-18)15-6-2-3-7-16(15)19/h2-3,6-7,14,20H,4-5,8-13H2,1H3. The number of carbonyl (C=O) groups is 1.